The van der Waals surface area contributed by atoms with Crippen molar-refractivity contribution in [1.82, 2.24) is 10.2 Å². The standard InChI is InChI=1S/C28H24BrN3O4/c1-3-35-22-14-10-17(11-15-22)24-23-25(31-30-24)27(33)32(26(23)19-6-5-7-20(29)16-19)21-12-8-18(9-13-21)28(34)36-4-2/h5-16,26H,3-4H2,1-2H3,(H,30,31)/t26-/m0/s1. The molecule has 2 heterocycles. The molecular formula is C28H24BrN3O4. The number of halogens is 1. The average Bonchev–Trinajstić information content (AvgIpc) is 3.44. The molecule has 0 bridgehead atoms. The van der Waals surface area contributed by atoms with Crippen molar-refractivity contribution in [2.75, 3.05) is 18.1 Å². The van der Waals surface area contributed by atoms with E-state index in [0.29, 0.717) is 35.9 Å². The van der Waals surface area contributed by atoms with Crippen molar-refractivity contribution in [2.24, 2.45) is 0 Å². The highest BCUT2D eigenvalue weighted by Gasteiger charge is 2.43. The monoisotopic (exact) mass is 545 g/mol. The Bertz CT molecular complexity index is 1410. The predicted molar refractivity (Wildman–Crippen MR) is 140 cm³/mol. The van der Waals surface area contributed by atoms with Crippen LogP contribution in [0.2, 0.25) is 0 Å². The molecule has 4 aromatic rings. The SMILES string of the molecule is CCOC(=O)c1ccc(N2C(=O)c3[nH]nc(-c4ccc(OCC)cc4)c3[C@@H]2c2cccc(Br)c2)cc1. The highest BCUT2D eigenvalue weighted by Crippen LogP contribution is 2.45. The van der Waals surface area contributed by atoms with Crippen LogP contribution < -0.4 is 9.64 Å². The number of nitrogens with one attached hydrogen (secondary N) is 1. The Morgan fingerprint density at radius 1 is 1.03 bits per heavy atom. The van der Waals surface area contributed by atoms with E-state index in [1.54, 1.807) is 36.1 Å². The fourth-order valence-electron chi connectivity index (χ4n) is 4.47. The van der Waals surface area contributed by atoms with Crippen LogP contribution in [-0.2, 0) is 4.74 Å². The van der Waals surface area contributed by atoms with Crippen LogP contribution in [-0.4, -0.2) is 35.3 Å². The fraction of sp³-hybridized carbons (Fsp3) is 0.179. The van der Waals surface area contributed by atoms with Gasteiger partial charge in [-0.1, -0.05) is 28.1 Å². The highest BCUT2D eigenvalue weighted by atomic mass is 79.9. The molecular weight excluding hydrogens is 522 g/mol. The summed E-state index contributed by atoms with van der Waals surface area (Å²) in [5, 5.41) is 7.51. The third kappa shape index (κ3) is 4.28. The Balaban J connectivity index is 1.60. The number of carbonyl (C=O) groups excluding carboxylic acids is 2. The van der Waals surface area contributed by atoms with E-state index in [9.17, 15) is 9.59 Å². The topological polar surface area (TPSA) is 84.5 Å². The van der Waals surface area contributed by atoms with Crippen molar-refractivity contribution in [3.8, 4) is 17.0 Å². The number of hydrogen-bond acceptors (Lipinski definition) is 5. The summed E-state index contributed by atoms with van der Waals surface area (Å²) in [6, 6.07) is 22.1. The normalized spacial score (nSPS) is 14.6. The number of benzene rings is 3. The van der Waals surface area contributed by atoms with Gasteiger partial charge in [0.05, 0.1) is 30.5 Å². The number of amides is 1. The van der Waals surface area contributed by atoms with Gasteiger partial charge in [-0.15, -0.1) is 0 Å². The zero-order valence-electron chi connectivity index (χ0n) is 19.8. The Morgan fingerprint density at radius 2 is 1.78 bits per heavy atom. The third-order valence-electron chi connectivity index (χ3n) is 6.03. The molecule has 1 aromatic heterocycles. The molecule has 0 unspecified atom stereocenters. The molecule has 0 saturated heterocycles. The van der Waals surface area contributed by atoms with Gasteiger partial charge in [-0.2, -0.15) is 5.10 Å². The lowest BCUT2D eigenvalue weighted by molar-refractivity contribution is 0.0526. The second-order valence-electron chi connectivity index (χ2n) is 8.22. The minimum absolute atomic E-state index is 0.191. The van der Waals surface area contributed by atoms with Crippen LogP contribution in [0.15, 0.2) is 77.3 Å². The lowest BCUT2D eigenvalue weighted by Crippen LogP contribution is -2.29. The quantitative estimate of drug-likeness (QED) is 0.281. The predicted octanol–water partition coefficient (Wildman–Crippen LogP) is 6.16. The van der Waals surface area contributed by atoms with Gasteiger partial charge < -0.3 is 9.47 Å². The summed E-state index contributed by atoms with van der Waals surface area (Å²) in [5.41, 5.74) is 4.86. The lowest BCUT2D eigenvalue weighted by Gasteiger charge is -2.27. The largest absolute Gasteiger partial charge is 0.494 e. The smallest absolute Gasteiger partial charge is 0.338 e. The molecule has 0 saturated carbocycles. The van der Waals surface area contributed by atoms with Crippen LogP contribution in [0.25, 0.3) is 11.3 Å². The van der Waals surface area contributed by atoms with Crippen molar-refractivity contribution in [1.29, 1.82) is 0 Å². The Labute approximate surface area is 217 Å². The zero-order chi connectivity index (χ0) is 25.2. The Morgan fingerprint density at radius 3 is 2.44 bits per heavy atom. The van der Waals surface area contributed by atoms with Crippen LogP contribution in [0, 0.1) is 0 Å². The van der Waals surface area contributed by atoms with Crippen LogP contribution in [0.4, 0.5) is 5.69 Å². The molecule has 8 heteroatoms. The number of fused-ring (bicyclic) bond motifs is 1. The molecule has 0 aliphatic carbocycles. The summed E-state index contributed by atoms with van der Waals surface area (Å²) in [6.45, 7) is 4.59. The summed E-state index contributed by atoms with van der Waals surface area (Å²) in [6.07, 6.45) is 0. The molecule has 1 atom stereocenters. The van der Waals surface area contributed by atoms with Crippen molar-refractivity contribution in [3.63, 3.8) is 0 Å². The summed E-state index contributed by atoms with van der Waals surface area (Å²) < 4.78 is 11.6. The number of ether oxygens (including phenoxy) is 2. The van der Waals surface area contributed by atoms with Crippen molar-refractivity contribution < 1.29 is 19.1 Å². The summed E-state index contributed by atoms with van der Waals surface area (Å²) in [5.74, 6) is 0.187. The number of hydrogen-bond donors (Lipinski definition) is 1. The van der Waals surface area contributed by atoms with Crippen LogP contribution in [0.1, 0.15) is 51.9 Å². The summed E-state index contributed by atoms with van der Waals surface area (Å²) in [4.78, 5) is 27.6. The van der Waals surface area contributed by atoms with E-state index in [-0.39, 0.29) is 5.91 Å². The average molecular weight is 546 g/mol. The summed E-state index contributed by atoms with van der Waals surface area (Å²) >= 11 is 3.57. The van der Waals surface area contributed by atoms with E-state index < -0.39 is 12.0 Å². The molecule has 1 aliphatic rings. The fourth-order valence-corrected chi connectivity index (χ4v) is 4.89. The molecule has 3 aromatic carbocycles. The van der Waals surface area contributed by atoms with Gasteiger partial charge in [0.1, 0.15) is 11.4 Å². The molecule has 0 spiro atoms. The number of rotatable bonds is 7. The van der Waals surface area contributed by atoms with Gasteiger partial charge in [0, 0.05) is 21.3 Å². The first kappa shape index (κ1) is 23.8. The lowest BCUT2D eigenvalue weighted by atomic mass is 9.96. The number of aromatic amines is 1. The maximum Gasteiger partial charge on any atom is 0.338 e. The van der Waals surface area contributed by atoms with Gasteiger partial charge in [-0.05, 0) is 80.1 Å². The molecule has 1 aliphatic heterocycles. The van der Waals surface area contributed by atoms with E-state index >= 15 is 0 Å². The maximum absolute atomic E-state index is 13.7. The van der Waals surface area contributed by atoms with Gasteiger partial charge in [0.2, 0.25) is 0 Å². The number of H-pyrrole nitrogens is 1. The van der Waals surface area contributed by atoms with Gasteiger partial charge in [0.15, 0.2) is 0 Å². The number of esters is 1. The van der Waals surface area contributed by atoms with E-state index in [2.05, 4.69) is 26.1 Å². The highest BCUT2D eigenvalue weighted by molar-refractivity contribution is 9.10. The zero-order valence-corrected chi connectivity index (χ0v) is 21.4. The van der Waals surface area contributed by atoms with Crippen LogP contribution in [0.5, 0.6) is 5.75 Å². The van der Waals surface area contributed by atoms with Crippen molar-refractivity contribution in [2.45, 2.75) is 19.9 Å². The van der Waals surface area contributed by atoms with E-state index in [1.807, 2.05) is 55.5 Å². The number of anilines is 1. The molecule has 1 amide bonds. The number of carbonyl (C=O) groups is 2. The maximum atomic E-state index is 13.7. The van der Waals surface area contributed by atoms with Gasteiger partial charge in [0.25, 0.3) is 5.91 Å². The Kier molecular flexibility index (Phi) is 6.61. The van der Waals surface area contributed by atoms with Crippen molar-refractivity contribution >= 4 is 33.5 Å². The van der Waals surface area contributed by atoms with Crippen LogP contribution >= 0.6 is 15.9 Å². The first-order chi connectivity index (χ1) is 17.5. The first-order valence-corrected chi connectivity index (χ1v) is 12.5. The van der Waals surface area contributed by atoms with Gasteiger partial charge >= 0.3 is 5.97 Å². The molecule has 182 valence electrons. The van der Waals surface area contributed by atoms with E-state index in [0.717, 1.165) is 26.9 Å². The van der Waals surface area contributed by atoms with Gasteiger partial charge in [-0.25, -0.2) is 4.79 Å². The van der Waals surface area contributed by atoms with E-state index in [1.165, 1.54) is 0 Å². The molecule has 1 N–H and O–H groups in total. The second kappa shape index (κ2) is 9.99. The second-order valence-corrected chi connectivity index (χ2v) is 9.13. The Hall–Kier alpha value is -3.91. The molecule has 7 nitrogen and oxygen atoms in total. The van der Waals surface area contributed by atoms with Gasteiger partial charge in [-0.3, -0.25) is 14.8 Å². The minimum atomic E-state index is -0.418. The van der Waals surface area contributed by atoms with E-state index in [4.69, 9.17) is 9.47 Å². The molecule has 0 radical (unpaired) electrons. The van der Waals surface area contributed by atoms with Crippen molar-refractivity contribution in [3.05, 3.63) is 99.7 Å². The van der Waals surface area contributed by atoms with Crippen LogP contribution in [0.3, 0.4) is 0 Å². The minimum Gasteiger partial charge on any atom is -0.494 e. The molecule has 0 fully saturated rings. The third-order valence-corrected chi connectivity index (χ3v) is 6.52. The number of aromatic nitrogens is 2. The molecule has 5 rings (SSSR count). The molecule has 36 heavy (non-hydrogen) atoms. The first-order valence-electron chi connectivity index (χ1n) is 11.7. The number of nitrogens with zero attached hydrogens (tertiary/aromatic N) is 2. The summed E-state index contributed by atoms with van der Waals surface area (Å²) in [7, 11) is 0.